The Bertz CT molecular complexity index is 456. The summed E-state index contributed by atoms with van der Waals surface area (Å²) in [5.74, 6) is 1.43. The second kappa shape index (κ2) is 5.38. The number of nitro groups is 1. The predicted octanol–water partition coefficient (Wildman–Crippen LogP) is 1.30. The van der Waals surface area contributed by atoms with Gasteiger partial charge in [0.05, 0.1) is 4.92 Å². The van der Waals surface area contributed by atoms with Gasteiger partial charge in [0.1, 0.15) is 6.20 Å². The molecule has 1 aromatic rings. The fraction of sp³-hybridized carbons (Fsp3) is 0.600. The van der Waals surface area contributed by atoms with Crippen molar-refractivity contribution in [2.24, 2.45) is 0 Å². The van der Waals surface area contributed by atoms with Crippen molar-refractivity contribution in [1.82, 2.24) is 9.97 Å². The number of hydrogen-bond donors (Lipinski definition) is 1. The van der Waals surface area contributed by atoms with E-state index in [4.69, 9.17) is 5.73 Å². The summed E-state index contributed by atoms with van der Waals surface area (Å²) in [5.41, 5.74) is 5.35. The van der Waals surface area contributed by atoms with Gasteiger partial charge in [-0.25, -0.2) is 4.98 Å². The molecule has 18 heavy (non-hydrogen) atoms. The van der Waals surface area contributed by atoms with Gasteiger partial charge in [0.25, 0.3) is 0 Å². The van der Waals surface area contributed by atoms with Crippen LogP contribution < -0.4 is 10.6 Å². The van der Waals surface area contributed by atoms with E-state index in [1.54, 1.807) is 11.8 Å². The van der Waals surface area contributed by atoms with Gasteiger partial charge in [0.2, 0.25) is 11.8 Å². The van der Waals surface area contributed by atoms with Crippen molar-refractivity contribution in [1.29, 1.82) is 0 Å². The number of nitrogens with zero attached hydrogens (tertiary/aromatic N) is 4. The third-order valence-electron chi connectivity index (χ3n) is 2.97. The lowest BCUT2D eigenvalue weighted by Gasteiger charge is -2.23. The topological polar surface area (TPSA) is 98.2 Å². The number of hydrogen-bond acceptors (Lipinski definition) is 7. The van der Waals surface area contributed by atoms with Crippen LogP contribution in [0.5, 0.6) is 0 Å². The zero-order chi connectivity index (χ0) is 13.1. The number of anilines is 2. The average Bonchev–Trinajstić information content (AvgIpc) is 2.77. The monoisotopic (exact) mass is 269 g/mol. The van der Waals surface area contributed by atoms with Crippen molar-refractivity contribution in [3.05, 3.63) is 16.3 Å². The highest BCUT2D eigenvalue weighted by Gasteiger charge is 2.27. The molecule has 0 amide bonds. The summed E-state index contributed by atoms with van der Waals surface area (Å²) in [6.45, 7) is 0.877. The van der Waals surface area contributed by atoms with Crippen LogP contribution in [0.3, 0.4) is 0 Å². The Morgan fingerprint density at radius 2 is 2.50 bits per heavy atom. The number of thioether (sulfide) groups is 1. The Kier molecular flexibility index (Phi) is 3.85. The van der Waals surface area contributed by atoms with E-state index in [0.717, 1.165) is 25.1 Å². The largest absolute Gasteiger partial charge is 0.378 e. The number of nitrogens with two attached hydrogens (primary N) is 1. The van der Waals surface area contributed by atoms with E-state index in [2.05, 4.69) is 21.1 Å². The highest BCUT2D eigenvalue weighted by Crippen LogP contribution is 2.27. The first-order valence-electron chi connectivity index (χ1n) is 5.66. The quantitative estimate of drug-likeness (QED) is 0.649. The number of aromatic nitrogens is 2. The lowest BCUT2D eigenvalue weighted by Crippen LogP contribution is -2.32. The minimum Gasteiger partial charge on any atom is -0.378 e. The summed E-state index contributed by atoms with van der Waals surface area (Å²) in [7, 11) is 0. The Labute approximate surface area is 109 Å². The van der Waals surface area contributed by atoms with E-state index in [9.17, 15) is 10.1 Å². The van der Waals surface area contributed by atoms with E-state index in [-0.39, 0.29) is 11.5 Å². The van der Waals surface area contributed by atoms with Crippen LogP contribution in [0.2, 0.25) is 0 Å². The smallest absolute Gasteiger partial charge is 0.329 e. The molecule has 1 fully saturated rings. The maximum absolute atomic E-state index is 10.6. The van der Waals surface area contributed by atoms with Gasteiger partial charge < -0.3 is 10.6 Å². The van der Waals surface area contributed by atoms with Crippen LogP contribution in [0.15, 0.2) is 6.20 Å². The van der Waals surface area contributed by atoms with Gasteiger partial charge in [-0.2, -0.15) is 16.7 Å². The molecule has 1 aromatic heterocycles. The van der Waals surface area contributed by atoms with E-state index >= 15 is 0 Å². The Morgan fingerprint density at radius 3 is 3.11 bits per heavy atom. The van der Waals surface area contributed by atoms with E-state index in [1.165, 1.54) is 6.20 Å². The molecule has 0 aliphatic carbocycles. The lowest BCUT2D eigenvalue weighted by molar-refractivity contribution is -0.384. The minimum absolute atomic E-state index is 0.0696. The highest BCUT2D eigenvalue weighted by atomic mass is 32.2. The fourth-order valence-electron chi connectivity index (χ4n) is 2.12. The molecule has 1 unspecified atom stereocenters. The minimum atomic E-state index is -0.567. The third-order valence-corrected chi connectivity index (χ3v) is 3.69. The van der Waals surface area contributed by atoms with Crippen molar-refractivity contribution in [3.8, 4) is 0 Å². The van der Waals surface area contributed by atoms with Crippen molar-refractivity contribution in [3.63, 3.8) is 0 Å². The Morgan fingerprint density at radius 1 is 1.72 bits per heavy atom. The van der Waals surface area contributed by atoms with Gasteiger partial charge in [0.15, 0.2) is 0 Å². The first-order valence-corrected chi connectivity index (χ1v) is 7.05. The summed E-state index contributed by atoms with van der Waals surface area (Å²) < 4.78 is 0. The summed E-state index contributed by atoms with van der Waals surface area (Å²) in [6, 6.07) is 0.390. The molecule has 1 atom stereocenters. The lowest BCUT2D eigenvalue weighted by atomic mass is 10.2. The van der Waals surface area contributed by atoms with Crippen molar-refractivity contribution in [2.75, 3.05) is 29.2 Å². The molecule has 2 heterocycles. The summed E-state index contributed by atoms with van der Waals surface area (Å²) in [5, 5.41) is 10.6. The third kappa shape index (κ3) is 2.47. The molecule has 8 heteroatoms. The molecule has 0 aromatic carbocycles. The van der Waals surface area contributed by atoms with Crippen LogP contribution in [-0.2, 0) is 0 Å². The fourth-order valence-corrected chi connectivity index (χ4v) is 2.85. The molecule has 2 N–H and O–H groups in total. The van der Waals surface area contributed by atoms with Crippen LogP contribution in [-0.4, -0.2) is 39.5 Å². The SMILES string of the molecule is CSCC1CCCN1c1ncc([N+](=O)[O-])c(N)n1. The van der Waals surface area contributed by atoms with Gasteiger partial charge in [-0.05, 0) is 19.1 Å². The van der Waals surface area contributed by atoms with Gasteiger partial charge >= 0.3 is 5.69 Å². The Balaban J connectivity index is 2.23. The first-order chi connectivity index (χ1) is 8.63. The molecular formula is C10H15N5O2S. The van der Waals surface area contributed by atoms with Crippen molar-refractivity contribution in [2.45, 2.75) is 18.9 Å². The summed E-state index contributed by atoms with van der Waals surface area (Å²) in [6.07, 6.45) is 5.43. The molecule has 1 saturated heterocycles. The van der Waals surface area contributed by atoms with E-state index in [1.807, 2.05) is 0 Å². The van der Waals surface area contributed by atoms with Crippen LogP contribution in [0.4, 0.5) is 17.5 Å². The first kappa shape index (κ1) is 12.9. The summed E-state index contributed by atoms with van der Waals surface area (Å²) >= 11 is 1.77. The van der Waals surface area contributed by atoms with Crippen LogP contribution in [0, 0.1) is 10.1 Å². The molecule has 2 rings (SSSR count). The molecule has 0 bridgehead atoms. The Hall–Kier alpha value is -1.57. The van der Waals surface area contributed by atoms with Crippen LogP contribution >= 0.6 is 11.8 Å². The molecular weight excluding hydrogens is 254 g/mol. The van der Waals surface area contributed by atoms with Crippen LogP contribution in [0.25, 0.3) is 0 Å². The second-order valence-electron chi connectivity index (χ2n) is 4.14. The number of rotatable bonds is 4. The molecule has 1 aliphatic heterocycles. The standard InChI is InChI=1S/C10H15N5O2S/c1-18-6-7-3-2-4-14(7)10-12-5-8(15(16)17)9(11)13-10/h5,7H,2-4,6H2,1H3,(H2,11,12,13). The molecule has 98 valence electrons. The normalized spacial score (nSPS) is 19.2. The van der Waals surface area contributed by atoms with Crippen molar-refractivity contribution < 1.29 is 4.92 Å². The summed E-state index contributed by atoms with van der Waals surface area (Å²) in [4.78, 5) is 20.3. The molecule has 1 aliphatic rings. The van der Waals surface area contributed by atoms with Gasteiger partial charge in [-0.1, -0.05) is 0 Å². The van der Waals surface area contributed by atoms with Gasteiger partial charge in [0, 0.05) is 18.3 Å². The zero-order valence-electron chi connectivity index (χ0n) is 10.1. The molecule has 0 saturated carbocycles. The van der Waals surface area contributed by atoms with Crippen LogP contribution in [0.1, 0.15) is 12.8 Å². The maximum atomic E-state index is 10.6. The van der Waals surface area contributed by atoms with E-state index < -0.39 is 4.92 Å². The number of nitrogen functional groups attached to an aromatic ring is 1. The second-order valence-corrected chi connectivity index (χ2v) is 5.05. The average molecular weight is 269 g/mol. The van der Waals surface area contributed by atoms with Crippen molar-refractivity contribution >= 4 is 29.2 Å². The molecule has 7 nitrogen and oxygen atoms in total. The van der Waals surface area contributed by atoms with Gasteiger partial charge in [-0.15, -0.1) is 0 Å². The van der Waals surface area contributed by atoms with Gasteiger partial charge in [-0.3, -0.25) is 10.1 Å². The zero-order valence-corrected chi connectivity index (χ0v) is 10.9. The molecule has 0 radical (unpaired) electrons. The predicted molar refractivity (Wildman–Crippen MR) is 71.8 cm³/mol. The molecule has 0 spiro atoms. The maximum Gasteiger partial charge on any atom is 0.329 e. The van der Waals surface area contributed by atoms with E-state index in [0.29, 0.717) is 12.0 Å². The highest BCUT2D eigenvalue weighted by molar-refractivity contribution is 7.98.